The normalized spacial score (nSPS) is 9.88. The van der Waals surface area contributed by atoms with Gasteiger partial charge in [0, 0.05) is 7.05 Å². The van der Waals surface area contributed by atoms with Crippen LogP contribution in [-0.4, -0.2) is 14.8 Å². The number of hydrogen-bond acceptors (Lipinski definition) is 5. The Labute approximate surface area is 98.7 Å². The van der Waals surface area contributed by atoms with E-state index in [9.17, 15) is 0 Å². The van der Waals surface area contributed by atoms with Crippen molar-refractivity contribution in [1.82, 2.24) is 14.8 Å². The van der Waals surface area contributed by atoms with Gasteiger partial charge < -0.3 is 11.1 Å². The van der Waals surface area contributed by atoms with Gasteiger partial charge in [-0.3, -0.25) is 4.68 Å². The first-order chi connectivity index (χ1) is 8.19. The summed E-state index contributed by atoms with van der Waals surface area (Å²) in [6.45, 7) is 0.497. The minimum Gasteiger partial charge on any atom is -0.397 e. The van der Waals surface area contributed by atoms with Gasteiger partial charge in [0.15, 0.2) is 5.82 Å². The third-order valence-corrected chi connectivity index (χ3v) is 2.26. The molecule has 0 spiro atoms. The Morgan fingerprint density at radius 1 is 1.53 bits per heavy atom. The number of hydrogen-bond donors (Lipinski definition) is 2. The molecule has 0 radical (unpaired) electrons. The second-order valence-electron chi connectivity index (χ2n) is 3.60. The number of nitrogens with zero attached hydrogens (tertiary/aromatic N) is 4. The lowest BCUT2D eigenvalue weighted by Crippen LogP contribution is -2.04. The van der Waals surface area contributed by atoms with E-state index >= 15 is 0 Å². The molecule has 2 rings (SSSR count). The van der Waals surface area contributed by atoms with Crippen LogP contribution < -0.4 is 11.1 Å². The van der Waals surface area contributed by atoms with Crippen LogP contribution in [0.2, 0.25) is 0 Å². The molecular weight excluding hydrogens is 216 g/mol. The van der Waals surface area contributed by atoms with E-state index in [4.69, 9.17) is 11.0 Å². The zero-order valence-corrected chi connectivity index (χ0v) is 9.38. The highest BCUT2D eigenvalue weighted by molar-refractivity contribution is 5.68. The molecule has 3 N–H and O–H groups in total. The molecule has 0 amide bonds. The van der Waals surface area contributed by atoms with Crippen molar-refractivity contribution in [2.24, 2.45) is 7.05 Å². The van der Waals surface area contributed by atoms with Crippen molar-refractivity contribution in [2.45, 2.75) is 6.54 Å². The van der Waals surface area contributed by atoms with Crippen LogP contribution in [-0.2, 0) is 13.6 Å². The van der Waals surface area contributed by atoms with Crippen LogP contribution in [0.3, 0.4) is 0 Å². The summed E-state index contributed by atoms with van der Waals surface area (Å²) in [6.07, 6.45) is 1.64. The maximum absolute atomic E-state index is 8.71. The number of aromatic nitrogens is 3. The van der Waals surface area contributed by atoms with Gasteiger partial charge in [0.05, 0.1) is 29.6 Å². The topological polar surface area (TPSA) is 92.5 Å². The van der Waals surface area contributed by atoms with Gasteiger partial charge in [-0.25, -0.2) is 4.98 Å². The molecule has 0 atom stereocenters. The van der Waals surface area contributed by atoms with Crippen LogP contribution in [0.5, 0.6) is 0 Å². The molecule has 0 aliphatic heterocycles. The average Bonchev–Trinajstić information content (AvgIpc) is 2.73. The molecule has 6 nitrogen and oxygen atoms in total. The molecule has 1 heterocycles. The van der Waals surface area contributed by atoms with Crippen molar-refractivity contribution in [3.63, 3.8) is 0 Å². The molecule has 0 saturated carbocycles. The fourth-order valence-corrected chi connectivity index (χ4v) is 1.43. The minimum atomic E-state index is 0.497. The average molecular weight is 228 g/mol. The van der Waals surface area contributed by atoms with Crippen LogP contribution in [0.1, 0.15) is 11.4 Å². The minimum absolute atomic E-state index is 0.497. The third-order valence-electron chi connectivity index (χ3n) is 2.26. The van der Waals surface area contributed by atoms with Crippen molar-refractivity contribution in [2.75, 3.05) is 11.1 Å². The van der Waals surface area contributed by atoms with E-state index in [1.54, 1.807) is 29.2 Å². The molecule has 1 aromatic carbocycles. The van der Waals surface area contributed by atoms with E-state index < -0.39 is 0 Å². The summed E-state index contributed by atoms with van der Waals surface area (Å²) < 4.78 is 1.64. The van der Waals surface area contributed by atoms with Gasteiger partial charge in [0.25, 0.3) is 0 Å². The zero-order valence-electron chi connectivity index (χ0n) is 9.38. The van der Waals surface area contributed by atoms with E-state index in [2.05, 4.69) is 15.4 Å². The predicted octanol–water partition coefficient (Wildman–Crippen LogP) is 0.881. The van der Waals surface area contributed by atoms with Gasteiger partial charge in [-0.05, 0) is 18.2 Å². The van der Waals surface area contributed by atoms with E-state index in [1.165, 1.54) is 0 Å². The SMILES string of the molecule is Cn1cnc(CNc2ccc(C#N)cc2N)n1. The molecule has 0 bridgehead atoms. The van der Waals surface area contributed by atoms with E-state index in [1.807, 2.05) is 13.1 Å². The fourth-order valence-electron chi connectivity index (χ4n) is 1.43. The Hall–Kier alpha value is -2.55. The number of aryl methyl sites for hydroxylation is 1. The van der Waals surface area contributed by atoms with Gasteiger partial charge in [-0.1, -0.05) is 0 Å². The molecule has 0 saturated heterocycles. The maximum Gasteiger partial charge on any atom is 0.169 e. The van der Waals surface area contributed by atoms with Crippen LogP contribution >= 0.6 is 0 Å². The number of anilines is 2. The van der Waals surface area contributed by atoms with Crippen LogP contribution in [0, 0.1) is 11.3 Å². The monoisotopic (exact) mass is 228 g/mol. The van der Waals surface area contributed by atoms with Crippen molar-refractivity contribution in [1.29, 1.82) is 5.26 Å². The molecule has 0 aliphatic carbocycles. The highest BCUT2D eigenvalue weighted by Crippen LogP contribution is 2.19. The Morgan fingerprint density at radius 3 is 2.94 bits per heavy atom. The molecule has 17 heavy (non-hydrogen) atoms. The van der Waals surface area contributed by atoms with Gasteiger partial charge in [-0.2, -0.15) is 10.4 Å². The van der Waals surface area contributed by atoms with E-state index in [-0.39, 0.29) is 0 Å². The summed E-state index contributed by atoms with van der Waals surface area (Å²) >= 11 is 0. The summed E-state index contributed by atoms with van der Waals surface area (Å²) in [4.78, 5) is 4.09. The predicted molar refractivity (Wildman–Crippen MR) is 63.9 cm³/mol. The van der Waals surface area contributed by atoms with Gasteiger partial charge in [0.2, 0.25) is 0 Å². The van der Waals surface area contributed by atoms with Crippen molar-refractivity contribution in [3.8, 4) is 6.07 Å². The first kappa shape index (κ1) is 11.0. The Bertz CT molecular complexity index is 566. The number of nitrogens with one attached hydrogen (secondary N) is 1. The summed E-state index contributed by atoms with van der Waals surface area (Å²) in [5.41, 5.74) is 7.67. The highest BCUT2D eigenvalue weighted by atomic mass is 15.3. The number of nitriles is 1. The zero-order chi connectivity index (χ0) is 12.3. The summed E-state index contributed by atoms with van der Waals surface area (Å²) in [6, 6.07) is 7.16. The largest absolute Gasteiger partial charge is 0.397 e. The first-order valence-electron chi connectivity index (χ1n) is 5.07. The van der Waals surface area contributed by atoms with Crippen molar-refractivity contribution >= 4 is 11.4 Å². The highest BCUT2D eigenvalue weighted by Gasteiger charge is 2.02. The molecule has 6 heteroatoms. The van der Waals surface area contributed by atoms with E-state index in [0.29, 0.717) is 23.6 Å². The lowest BCUT2D eigenvalue weighted by Gasteiger charge is -2.07. The van der Waals surface area contributed by atoms with Crippen LogP contribution in [0.25, 0.3) is 0 Å². The van der Waals surface area contributed by atoms with Gasteiger partial charge in [-0.15, -0.1) is 0 Å². The summed E-state index contributed by atoms with van der Waals surface area (Å²) in [5, 5.41) is 16.0. The molecule has 1 aromatic heterocycles. The van der Waals surface area contributed by atoms with Crippen molar-refractivity contribution < 1.29 is 0 Å². The lowest BCUT2D eigenvalue weighted by molar-refractivity contribution is 0.747. The summed E-state index contributed by atoms with van der Waals surface area (Å²) in [5.74, 6) is 0.691. The molecule has 0 unspecified atom stereocenters. The second-order valence-corrected chi connectivity index (χ2v) is 3.60. The van der Waals surface area contributed by atoms with Crippen LogP contribution in [0.15, 0.2) is 24.5 Å². The number of nitrogen functional groups attached to an aromatic ring is 1. The first-order valence-corrected chi connectivity index (χ1v) is 5.07. The Morgan fingerprint density at radius 2 is 2.35 bits per heavy atom. The molecule has 0 aliphatic rings. The van der Waals surface area contributed by atoms with E-state index in [0.717, 1.165) is 5.69 Å². The number of nitrogens with two attached hydrogens (primary N) is 1. The fraction of sp³-hybridized carbons (Fsp3) is 0.182. The quantitative estimate of drug-likeness (QED) is 0.761. The lowest BCUT2D eigenvalue weighted by atomic mass is 10.2. The molecule has 0 fully saturated rings. The third kappa shape index (κ3) is 2.52. The second kappa shape index (κ2) is 4.53. The van der Waals surface area contributed by atoms with Crippen molar-refractivity contribution in [3.05, 3.63) is 35.9 Å². The number of benzene rings is 1. The molecular formula is C11H12N6. The Kier molecular flexibility index (Phi) is 2.92. The van der Waals surface area contributed by atoms with Gasteiger partial charge in [0.1, 0.15) is 6.33 Å². The Balaban J connectivity index is 2.07. The summed E-state index contributed by atoms with van der Waals surface area (Å²) in [7, 11) is 1.81. The number of rotatable bonds is 3. The van der Waals surface area contributed by atoms with Crippen LogP contribution in [0.4, 0.5) is 11.4 Å². The smallest absolute Gasteiger partial charge is 0.169 e. The molecule has 2 aromatic rings. The van der Waals surface area contributed by atoms with Gasteiger partial charge >= 0.3 is 0 Å². The molecule has 86 valence electrons. The maximum atomic E-state index is 8.71. The standard InChI is InChI=1S/C11H12N6/c1-17-7-15-11(16-17)6-14-10-3-2-8(5-12)4-9(10)13/h2-4,7,14H,6,13H2,1H3.